The van der Waals surface area contributed by atoms with Crippen LogP contribution < -0.4 is 16.0 Å². The number of rotatable bonds is 4. The van der Waals surface area contributed by atoms with E-state index in [1.54, 1.807) is 31.4 Å². The molecule has 30 heavy (non-hydrogen) atoms. The number of benzene rings is 2. The van der Waals surface area contributed by atoms with Crippen LogP contribution in [0.25, 0.3) is 15.9 Å². The maximum Gasteiger partial charge on any atom is 0.334 e. The molecule has 2 aromatic heterocycles. The quantitative estimate of drug-likeness (QED) is 0.551. The van der Waals surface area contributed by atoms with E-state index in [-0.39, 0.29) is 5.56 Å². The molecule has 0 aliphatic carbocycles. The van der Waals surface area contributed by atoms with Crippen LogP contribution >= 0.6 is 11.3 Å². The van der Waals surface area contributed by atoms with Gasteiger partial charge >= 0.3 is 5.69 Å². The summed E-state index contributed by atoms with van der Waals surface area (Å²) in [6.07, 6.45) is 0.798. The average Bonchev–Trinajstić information content (AvgIpc) is 3.12. The van der Waals surface area contributed by atoms with Crippen LogP contribution in [0.3, 0.4) is 0 Å². The van der Waals surface area contributed by atoms with Gasteiger partial charge in [0.05, 0.1) is 18.2 Å². The van der Waals surface area contributed by atoms with Gasteiger partial charge in [-0.05, 0) is 41.8 Å². The van der Waals surface area contributed by atoms with Gasteiger partial charge in [0.2, 0.25) is 0 Å². The second-order valence-electron chi connectivity index (χ2n) is 7.42. The third kappa shape index (κ3) is 3.26. The topological polar surface area (TPSA) is 67.3 Å². The molecule has 0 saturated heterocycles. The highest BCUT2D eigenvalue weighted by Gasteiger charge is 2.24. The van der Waals surface area contributed by atoms with Crippen molar-refractivity contribution < 1.29 is 4.74 Å². The first-order valence-electron chi connectivity index (χ1n) is 9.84. The molecule has 7 heteroatoms. The molecule has 6 nitrogen and oxygen atoms in total. The molecule has 0 saturated carbocycles. The van der Waals surface area contributed by atoms with Crippen molar-refractivity contribution in [1.82, 2.24) is 14.5 Å². The summed E-state index contributed by atoms with van der Waals surface area (Å²) in [7, 11) is 1.58. The molecule has 0 radical (unpaired) electrons. The number of ether oxygens (including phenoxy) is 1. The number of aromatic amines is 1. The zero-order chi connectivity index (χ0) is 20.7. The second kappa shape index (κ2) is 7.59. The lowest BCUT2D eigenvalue weighted by Crippen LogP contribution is -2.34. The van der Waals surface area contributed by atoms with Crippen LogP contribution in [-0.2, 0) is 19.5 Å². The van der Waals surface area contributed by atoms with Gasteiger partial charge in [0.15, 0.2) is 0 Å². The Bertz CT molecular complexity index is 1320. The lowest BCUT2D eigenvalue weighted by atomic mass is 10.0. The molecule has 0 fully saturated rings. The van der Waals surface area contributed by atoms with Crippen molar-refractivity contribution in [2.24, 2.45) is 0 Å². The first kappa shape index (κ1) is 18.8. The fourth-order valence-electron chi connectivity index (χ4n) is 4.07. The van der Waals surface area contributed by atoms with Crippen LogP contribution in [0.2, 0.25) is 0 Å². The van der Waals surface area contributed by atoms with E-state index in [4.69, 9.17) is 4.74 Å². The fourth-order valence-corrected chi connectivity index (χ4v) is 5.34. The normalized spacial score (nSPS) is 14.0. The van der Waals surface area contributed by atoms with Gasteiger partial charge in [-0.2, -0.15) is 0 Å². The van der Waals surface area contributed by atoms with E-state index in [1.165, 1.54) is 21.5 Å². The molecule has 4 aromatic rings. The van der Waals surface area contributed by atoms with Crippen molar-refractivity contribution in [2.75, 3.05) is 13.7 Å². The van der Waals surface area contributed by atoms with Gasteiger partial charge in [-0.25, -0.2) is 9.36 Å². The smallest absolute Gasteiger partial charge is 0.334 e. The molecular formula is C23H21N3O3S. The molecule has 1 aliphatic heterocycles. The van der Waals surface area contributed by atoms with Crippen LogP contribution in [0.5, 0.6) is 5.75 Å². The zero-order valence-electron chi connectivity index (χ0n) is 16.6. The Morgan fingerprint density at radius 1 is 1.07 bits per heavy atom. The van der Waals surface area contributed by atoms with Crippen molar-refractivity contribution in [3.05, 3.63) is 91.4 Å². The number of nitrogens with one attached hydrogen (secondary N) is 1. The Morgan fingerprint density at radius 2 is 1.83 bits per heavy atom. The molecule has 1 aliphatic rings. The Balaban J connectivity index is 1.54. The molecule has 5 rings (SSSR count). The van der Waals surface area contributed by atoms with Gasteiger partial charge in [0, 0.05) is 24.5 Å². The number of methoxy groups -OCH3 is 1. The predicted molar refractivity (Wildman–Crippen MR) is 119 cm³/mol. The molecular weight excluding hydrogens is 398 g/mol. The maximum absolute atomic E-state index is 13.3. The van der Waals surface area contributed by atoms with Gasteiger partial charge < -0.3 is 4.74 Å². The summed E-state index contributed by atoms with van der Waals surface area (Å²) in [5, 5.41) is 0.643. The summed E-state index contributed by atoms with van der Waals surface area (Å²) in [6, 6.07) is 17.3. The summed E-state index contributed by atoms with van der Waals surface area (Å²) in [5.74, 6) is 0.677. The third-order valence-electron chi connectivity index (χ3n) is 5.56. The number of nitrogens with zero attached hydrogens (tertiary/aromatic N) is 2. The molecule has 0 bridgehead atoms. The van der Waals surface area contributed by atoms with Gasteiger partial charge in [0.1, 0.15) is 10.6 Å². The Kier molecular flexibility index (Phi) is 4.77. The van der Waals surface area contributed by atoms with Crippen LogP contribution in [-0.4, -0.2) is 28.1 Å². The highest BCUT2D eigenvalue weighted by atomic mass is 32.1. The molecule has 1 N–H and O–H groups in total. The predicted octanol–water partition coefficient (Wildman–Crippen LogP) is 3.31. The standard InChI is InChI=1S/C23H21N3O3S/c1-29-17-9-7-16(8-10-17)26-22(27)20-18-11-12-25(13-15-5-3-2-4-6-15)14-19(18)30-21(20)24-23(26)28/h2-10H,11-14H2,1H3,(H,24,28). The van der Waals surface area contributed by atoms with Crippen molar-refractivity contribution in [3.63, 3.8) is 0 Å². The minimum absolute atomic E-state index is 0.257. The third-order valence-corrected chi connectivity index (χ3v) is 6.69. The van der Waals surface area contributed by atoms with Crippen molar-refractivity contribution in [3.8, 4) is 11.4 Å². The molecule has 2 aromatic carbocycles. The zero-order valence-corrected chi connectivity index (χ0v) is 17.4. The highest BCUT2D eigenvalue weighted by molar-refractivity contribution is 7.18. The summed E-state index contributed by atoms with van der Waals surface area (Å²) >= 11 is 1.52. The minimum Gasteiger partial charge on any atom is -0.497 e. The number of aromatic nitrogens is 2. The number of hydrogen-bond donors (Lipinski definition) is 1. The van der Waals surface area contributed by atoms with Gasteiger partial charge in [0.25, 0.3) is 5.56 Å². The first-order chi connectivity index (χ1) is 14.6. The largest absolute Gasteiger partial charge is 0.497 e. The van der Waals surface area contributed by atoms with E-state index < -0.39 is 5.69 Å². The van der Waals surface area contributed by atoms with Gasteiger partial charge in [-0.3, -0.25) is 14.7 Å². The lowest BCUT2D eigenvalue weighted by Gasteiger charge is -2.26. The second-order valence-corrected chi connectivity index (χ2v) is 8.53. The van der Waals surface area contributed by atoms with E-state index in [0.29, 0.717) is 21.7 Å². The SMILES string of the molecule is COc1ccc(-n2c(=O)[nH]c3sc4c(c3c2=O)CCN(Cc2ccccc2)C4)cc1. The number of fused-ring (bicyclic) bond motifs is 3. The van der Waals surface area contributed by atoms with E-state index >= 15 is 0 Å². The van der Waals surface area contributed by atoms with E-state index in [1.807, 2.05) is 6.07 Å². The monoisotopic (exact) mass is 419 g/mol. The van der Waals surface area contributed by atoms with E-state index in [0.717, 1.165) is 36.5 Å². The van der Waals surface area contributed by atoms with Crippen molar-refractivity contribution in [1.29, 1.82) is 0 Å². The Hall–Kier alpha value is -3.16. The summed E-state index contributed by atoms with van der Waals surface area (Å²) in [6.45, 7) is 2.55. The summed E-state index contributed by atoms with van der Waals surface area (Å²) in [4.78, 5) is 33.1. The first-order valence-corrected chi connectivity index (χ1v) is 10.7. The average molecular weight is 420 g/mol. The van der Waals surface area contributed by atoms with Crippen molar-refractivity contribution in [2.45, 2.75) is 19.5 Å². The molecule has 0 unspecified atom stereocenters. The van der Waals surface area contributed by atoms with E-state index in [9.17, 15) is 9.59 Å². The maximum atomic E-state index is 13.3. The van der Waals surface area contributed by atoms with Crippen LogP contribution in [0, 0.1) is 0 Å². The fraction of sp³-hybridized carbons (Fsp3) is 0.217. The number of hydrogen-bond acceptors (Lipinski definition) is 5. The van der Waals surface area contributed by atoms with Gasteiger partial charge in [-0.1, -0.05) is 30.3 Å². The van der Waals surface area contributed by atoms with Crippen molar-refractivity contribution >= 4 is 21.6 Å². The van der Waals surface area contributed by atoms with Crippen LogP contribution in [0.1, 0.15) is 16.0 Å². The molecule has 152 valence electrons. The summed E-state index contributed by atoms with van der Waals surface area (Å²) < 4.78 is 6.39. The van der Waals surface area contributed by atoms with E-state index in [2.05, 4.69) is 34.1 Å². The Morgan fingerprint density at radius 3 is 2.57 bits per heavy atom. The molecule has 0 spiro atoms. The number of H-pyrrole nitrogens is 1. The van der Waals surface area contributed by atoms with Crippen LogP contribution in [0.4, 0.5) is 0 Å². The van der Waals surface area contributed by atoms with Gasteiger partial charge in [-0.15, -0.1) is 11.3 Å². The molecule has 0 amide bonds. The highest BCUT2D eigenvalue weighted by Crippen LogP contribution is 2.32. The number of thiophene rings is 1. The Labute approximate surface area is 177 Å². The minimum atomic E-state index is -0.419. The molecule has 0 atom stereocenters. The summed E-state index contributed by atoms with van der Waals surface area (Å²) in [5.41, 5.74) is 2.20. The van der Waals surface area contributed by atoms with Crippen LogP contribution in [0.15, 0.2) is 64.2 Å². The molecule has 3 heterocycles. The lowest BCUT2D eigenvalue weighted by molar-refractivity contribution is 0.249.